The van der Waals surface area contributed by atoms with E-state index in [-0.39, 0.29) is 11.9 Å². The molecule has 126 valence electrons. The van der Waals surface area contributed by atoms with Crippen LogP contribution in [0.1, 0.15) is 22.3 Å². The van der Waals surface area contributed by atoms with Crippen LogP contribution in [-0.2, 0) is 4.74 Å². The van der Waals surface area contributed by atoms with Crippen LogP contribution in [0.4, 0.5) is 0 Å². The molecule has 1 aliphatic rings. The van der Waals surface area contributed by atoms with Gasteiger partial charge in [-0.25, -0.2) is 4.98 Å². The van der Waals surface area contributed by atoms with Gasteiger partial charge >= 0.3 is 0 Å². The molecule has 0 unspecified atom stereocenters. The topological polar surface area (TPSA) is 64.1 Å². The van der Waals surface area contributed by atoms with Gasteiger partial charge < -0.3 is 14.7 Å². The van der Waals surface area contributed by atoms with Crippen LogP contribution in [0.5, 0.6) is 5.88 Å². The van der Waals surface area contributed by atoms with Gasteiger partial charge in [0.2, 0.25) is 10.8 Å². The number of halogens is 1. The Balaban J connectivity index is 1.82. The fraction of sp³-hybridized carbons (Fsp3) is 0.375. The summed E-state index contributed by atoms with van der Waals surface area (Å²) >= 11 is 5.01. The van der Waals surface area contributed by atoms with E-state index in [9.17, 15) is 5.11 Å². The van der Waals surface area contributed by atoms with Gasteiger partial charge in [0.15, 0.2) is 6.04 Å². The van der Waals surface area contributed by atoms with E-state index >= 15 is 0 Å². The highest BCUT2D eigenvalue weighted by atomic mass is 79.9. The monoisotopic (exact) mass is 409 g/mol. The second-order valence-electron chi connectivity index (χ2n) is 5.90. The zero-order valence-corrected chi connectivity index (χ0v) is 15.6. The van der Waals surface area contributed by atoms with E-state index in [2.05, 4.69) is 38.1 Å². The lowest BCUT2D eigenvalue weighted by molar-refractivity contribution is -0.932. The van der Waals surface area contributed by atoms with Gasteiger partial charge in [-0.2, -0.15) is 4.52 Å². The molecule has 4 rings (SSSR count). The second-order valence-corrected chi connectivity index (χ2v) is 7.82. The Morgan fingerprint density at radius 2 is 2.00 bits per heavy atom. The number of nitrogens with one attached hydrogen (secondary N) is 1. The highest BCUT2D eigenvalue weighted by Gasteiger charge is 2.33. The van der Waals surface area contributed by atoms with Crippen molar-refractivity contribution < 1.29 is 14.7 Å². The minimum absolute atomic E-state index is 0.0517. The predicted octanol–water partition coefficient (Wildman–Crippen LogP) is 1.57. The van der Waals surface area contributed by atoms with Crippen molar-refractivity contribution in [1.82, 2.24) is 14.6 Å². The first-order valence-electron chi connectivity index (χ1n) is 7.86. The molecule has 6 nitrogen and oxygen atoms in total. The van der Waals surface area contributed by atoms with Gasteiger partial charge in [0.1, 0.15) is 23.8 Å². The molecule has 1 fully saturated rings. The van der Waals surface area contributed by atoms with Crippen molar-refractivity contribution >= 4 is 32.2 Å². The molecular weight excluding hydrogens is 392 g/mol. The maximum Gasteiger partial charge on any atom is 0.235 e. The molecule has 0 radical (unpaired) electrons. The molecule has 2 aromatic heterocycles. The number of aromatic hydroxyl groups is 1. The number of thiazole rings is 1. The molecular formula is C16H18BrN4O2S+. The summed E-state index contributed by atoms with van der Waals surface area (Å²) in [7, 11) is 0. The van der Waals surface area contributed by atoms with Gasteiger partial charge in [-0.1, -0.05) is 39.4 Å². The molecule has 0 aliphatic carbocycles. The molecule has 1 saturated heterocycles. The van der Waals surface area contributed by atoms with Crippen LogP contribution < -0.4 is 4.90 Å². The molecule has 8 heteroatoms. The van der Waals surface area contributed by atoms with Crippen LogP contribution in [0.15, 0.2) is 28.7 Å². The van der Waals surface area contributed by atoms with Crippen molar-refractivity contribution in [2.75, 3.05) is 26.3 Å². The van der Waals surface area contributed by atoms with E-state index in [1.54, 1.807) is 4.52 Å². The molecule has 1 atom stereocenters. The number of morpholine rings is 1. The molecule has 0 bridgehead atoms. The Bertz CT molecular complexity index is 855. The number of benzene rings is 1. The fourth-order valence-corrected chi connectivity index (χ4v) is 4.64. The lowest BCUT2D eigenvalue weighted by Gasteiger charge is -2.31. The first kappa shape index (κ1) is 16.0. The first-order chi connectivity index (χ1) is 11.6. The summed E-state index contributed by atoms with van der Waals surface area (Å²) in [5.41, 5.74) is 1.17. The zero-order chi connectivity index (χ0) is 16.7. The van der Waals surface area contributed by atoms with Crippen LogP contribution in [0.3, 0.4) is 0 Å². The van der Waals surface area contributed by atoms with E-state index < -0.39 is 0 Å². The second kappa shape index (κ2) is 6.44. The summed E-state index contributed by atoms with van der Waals surface area (Å²) in [4.78, 5) is 7.43. The minimum Gasteiger partial charge on any atom is -0.492 e. The van der Waals surface area contributed by atoms with Gasteiger partial charge in [0.05, 0.1) is 13.2 Å². The summed E-state index contributed by atoms with van der Waals surface area (Å²) in [6.07, 6.45) is 0. The number of fused-ring (bicyclic) bond motifs is 1. The fourth-order valence-electron chi connectivity index (χ4n) is 3.19. The zero-order valence-electron chi connectivity index (χ0n) is 13.2. The number of ether oxygens (including phenoxy) is 1. The summed E-state index contributed by atoms with van der Waals surface area (Å²) in [6.45, 7) is 5.13. The highest BCUT2D eigenvalue weighted by molar-refractivity contribution is 9.10. The van der Waals surface area contributed by atoms with Crippen molar-refractivity contribution in [3.8, 4) is 5.88 Å². The molecule has 1 aliphatic heterocycles. The van der Waals surface area contributed by atoms with Crippen LogP contribution in [0, 0.1) is 6.92 Å². The molecule has 3 aromatic rings. The Kier molecular flexibility index (Phi) is 4.29. The maximum atomic E-state index is 10.7. The van der Waals surface area contributed by atoms with Gasteiger partial charge in [0.25, 0.3) is 0 Å². The van der Waals surface area contributed by atoms with E-state index in [1.807, 2.05) is 19.1 Å². The first-order valence-corrected chi connectivity index (χ1v) is 9.47. The van der Waals surface area contributed by atoms with Crippen LogP contribution in [0.25, 0.3) is 4.96 Å². The molecule has 3 heterocycles. The normalized spacial score (nSPS) is 17.4. The van der Waals surface area contributed by atoms with Gasteiger partial charge in [-0.15, -0.1) is 5.10 Å². The van der Waals surface area contributed by atoms with Crippen molar-refractivity contribution in [3.63, 3.8) is 0 Å². The van der Waals surface area contributed by atoms with E-state index in [4.69, 9.17) is 4.74 Å². The number of aromatic nitrogens is 3. The quantitative estimate of drug-likeness (QED) is 0.688. The molecule has 0 spiro atoms. The molecule has 0 amide bonds. The van der Waals surface area contributed by atoms with Gasteiger partial charge in [0, 0.05) is 10.0 Å². The largest absolute Gasteiger partial charge is 0.492 e. The van der Waals surface area contributed by atoms with Crippen LogP contribution >= 0.6 is 27.3 Å². The van der Waals surface area contributed by atoms with Crippen LogP contribution in [0.2, 0.25) is 0 Å². The summed E-state index contributed by atoms with van der Waals surface area (Å²) in [5.74, 6) is 0.865. The standard InChI is InChI=1S/C16H17BrN4O2S/c1-10-18-16-21(19-10)15(22)14(24-16)13(20-6-8-23-9-7-20)11-2-4-12(17)5-3-11/h2-5,13,22H,6-9H2,1H3/p+1/t13-/m1/s1. The number of hydrogen-bond acceptors (Lipinski definition) is 5. The average Bonchev–Trinajstić information content (AvgIpc) is 3.09. The SMILES string of the molecule is Cc1nc2sc([C@@H](c3ccc(Br)cc3)[NH+]3CCOCC3)c(O)n2n1. The third-order valence-corrected chi connectivity index (χ3v) is 5.93. The number of aryl methyl sites for hydroxylation is 1. The number of nitrogens with zero attached hydrogens (tertiary/aromatic N) is 3. The van der Waals surface area contributed by atoms with E-state index in [0.717, 1.165) is 40.6 Å². The van der Waals surface area contributed by atoms with E-state index in [0.29, 0.717) is 5.82 Å². The summed E-state index contributed by atoms with van der Waals surface area (Å²) in [6, 6.07) is 8.35. The third kappa shape index (κ3) is 2.83. The van der Waals surface area contributed by atoms with Crippen molar-refractivity contribution in [2.45, 2.75) is 13.0 Å². The Labute approximate surface area is 151 Å². The van der Waals surface area contributed by atoms with Gasteiger partial charge in [-0.05, 0) is 19.1 Å². The maximum absolute atomic E-state index is 10.7. The average molecular weight is 410 g/mol. The summed E-state index contributed by atoms with van der Waals surface area (Å²) < 4.78 is 8.10. The van der Waals surface area contributed by atoms with E-state index in [1.165, 1.54) is 21.8 Å². The lowest BCUT2D eigenvalue weighted by atomic mass is 10.0. The number of quaternary nitrogens is 1. The highest BCUT2D eigenvalue weighted by Crippen LogP contribution is 2.35. The summed E-state index contributed by atoms with van der Waals surface area (Å²) in [5, 5.41) is 15.0. The van der Waals surface area contributed by atoms with Crippen molar-refractivity contribution in [1.29, 1.82) is 0 Å². The molecule has 2 N–H and O–H groups in total. The van der Waals surface area contributed by atoms with Gasteiger partial charge in [-0.3, -0.25) is 0 Å². The number of rotatable bonds is 3. The predicted molar refractivity (Wildman–Crippen MR) is 94.8 cm³/mol. The lowest BCUT2D eigenvalue weighted by Crippen LogP contribution is -3.14. The molecule has 0 saturated carbocycles. The Morgan fingerprint density at radius 3 is 2.67 bits per heavy atom. The smallest absolute Gasteiger partial charge is 0.235 e. The third-order valence-electron chi connectivity index (χ3n) is 4.31. The van der Waals surface area contributed by atoms with Crippen molar-refractivity contribution in [2.24, 2.45) is 0 Å². The molecule has 1 aromatic carbocycles. The Morgan fingerprint density at radius 1 is 1.29 bits per heavy atom. The molecule has 24 heavy (non-hydrogen) atoms. The minimum atomic E-state index is 0.0517. The number of hydrogen-bond donors (Lipinski definition) is 2. The van der Waals surface area contributed by atoms with Crippen molar-refractivity contribution in [3.05, 3.63) is 45.0 Å². The van der Waals surface area contributed by atoms with Crippen LogP contribution in [-0.4, -0.2) is 46.0 Å². The Hall–Kier alpha value is -1.48.